The van der Waals surface area contributed by atoms with Crippen LogP contribution in [0.1, 0.15) is 21.5 Å². The fourth-order valence-corrected chi connectivity index (χ4v) is 3.44. The molecule has 0 unspecified atom stereocenters. The number of nitrogens with zero attached hydrogens (tertiary/aromatic N) is 1. The van der Waals surface area contributed by atoms with Gasteiger partial charge in [-0.15, -0.1) is 12.4 Å². The van der Waals surface area contributed by atoms with Gasteiger partial charge in [0, 0.05) is 31.5 Å². The minimum absolute atomic E-state index is 0. The Labute approximate surface area is 161 Å². The highest BCUT2D eigenvalue weighted by atomic mass is 35.5. The second-order valence-corrected chi connectivity index (χ2v) is 8.23. The van der Waals surface area contributed by atoms with Crippen molar-refractivity contribution in [1.29, 1.82) is 0 Å². The standard InChI is InChI=1S/C19H24N2O3S.ClH/c1-25(23,24)15-17-8-5-9-18(14-17)19(22)21(13-11-20)12-10-16-6-3-2-4-7-16;/h2-9,14H,10-13,15,20H2,1H3;1H. The Bertz CT molecular complexity index is 811. The zero-order valence-corrected chi connectivity index (χ0v) is 16.4. The van der Waals surface area contributed by atoms with E-state index in [0.717, 1.165) is 12.0 Å². The summed E-state index contributed by atoms with van der Waals surface area (Å²) < 4.78 is 22.9. The molecule has 0 fully saturated rings. The van der Waals surface area contributed by atoms with E-state index in [2.05, 4.69) is 0 Å². The molecule has 0 radical (unpaired) electrons. The van der Waals surface area contributed by atoms with Crippen LogP contribution in [-0.2, 0) is 22.0 Å². The molecule has 0 aliphatic carbocycles. The number of nitrogens with two attached hydrogens (primary N) is 1. The van der Waals surface area contributed by atoms with Crippen LogP contribution in [-0.4, -0.2) is 45.1 Å². The molecule has 7 heteroatoms. The topological polar surface area (TPSA) is 80.5 Å². The van der Waals surface area contributed by atoms with E-state index in [1.165, 1.54) is 6.26 Å². The van der Waals surface area contributed by atoms with Crippen LogP contribution in [0.25, 0.3) is 0 Å². The van der Waals surface area contributed by atoms with Crippen molar-refractivity contribution in [2.75, 3.05) is 25.9 Å². The third-order valence-electron chi connectivity index (χ3n) is 3.80. The summed E-state index contributed by atoms with van der Waals surface area (Å²) >= 11 is 0. The van der Waals surface area contributed by atoms with Gasteiger partial charge in [-0.25, -0.2) is 8.42 Å². The molecule has 0 aliphatic rings. The van der Waals surface area contributed by atoms with E-state index in [9.17, 15) is 13.2 Å². The first-order valence-corrected chi connectivity index (χ1v) is 10.2. The first-order chi connectivity index (χ1) is 11.9. The van der Waals surface area contributed by atoms with Crippen LogP contribution < -0.4 is 5.73 Å². The molecular formula is C19H25ClN2O3S. The molecule has 26 heavy (non-hydrogen) atoms. The van der Waals surface area contributed by atoms with Gasteiger partial charge in [-0.05, 0) is 29.7 Å². The normalized spacial score (nSPS) is 10.8. The molecule has 142 valence electrons. The van der Waals surface area contributed by atoms with Crippen molar-refractivity contribution in [3.63, 3.8) is 0 Å². The van der Waals surface area contributed by atoms with E-state index in [4.69, 9.17) is 5.73 Å². The summed E-state index contributed by atoms with van der Waals surface area (Å²) in [4.78, 5) is 14.5. The molecule has 1 amide bonds. The van der Waals surface area contributed by atoms with Crippen molar-refractivity contribution in [2.45, 2.75) is 12.2 Å². The molecule has 0 aliphatic heterocycles. The van der Waals surface area contributed by atoms with E-state index in [1.807, 2.05) is 30.3 Å². The summed E-state index contributed by atoms with van der Waals surface area (Å²) in [6.07, 6.45) is 1.93. The molecular weight excluding hydrogens is 372 g/mol. The van der Waals surface area contributed by atoms with Gasteiger partial charge in [0.05, 0.1) is 5.75 Å². The summed E-state index contributed by atoms with van der Waals surface area (Å²) in [6, 6.07) is 16.7. The number of sulfone groups is 1. The number of halogens is 1. The molecule has 0 bridgehead atoms. The zero-order chi connectivity index (χ0) is 18.3. The maximum atomic E-state index is 12.8. The smallest absolute Gasteiger partial charge is 0.253 e. The Morgan fingerprint density at radius 1 is 1.00 bits per heavy atom. The molecule has 0 aromatic heterocycles. The van der Waals surface area contributed by atoms with E-state index in [0.29, 0.717) is 30.8 Å². The van der Waals surface area contributed by atoms with Crippen LogP contribution in [0, 0.1) is 0 Å². The minimum Gasteiger partial charge on any atom is -0.337 e. The van der Waals surface area contributed by atoms with Gasteiger partial charge in [-0.2, -0.15) is 0 Å². The number of carbonyl (C=O) groups is 1. The number of rotatable bonds is 8. The van der Waals surface area contributed by atoms with Crippen molar-refractivity contribution in [2.24, 2.45) is 5.73 Å². The van der Waals surface area contributed by atoms with Crippen LogP contribution in [0.15, 0.2) is 54.6 Å². The first-order valence-electron chi connectivity index (χ1n) is 8.19. The van der Waals surface area contributed by atoms with Crippen LogP contribution in [0.3, 0.4) is 0 Å². The summed E-state index contributed by atoms with van der Waals surface area (Å²) in [5.74, 6) is -0.202. The molecule has 2 N–H and O–H groups in total. The second-order valence-electron chi connectivity index (χ2n) is 6.09. The number of hydrogen-bond donors (Lipinski definition) is 1. The summed E-state index contributed by atoms with van der Waals surface area (Å²) in [5.41, 5.74) is 7.91. The minimum atomic E-state index is -3.14. The lowest BCUT2D eigenvalue weighted by molar-refractivity contribution is 0.0762. The molecule has 5 nitrogen and oxygen atoms in total. The maximum Gasteiger partial charge on any atom is 0.253 e. The second kappa shape index (κ2) is 10.3. The maximum absolute atomic E-state index is 12.8. The zero-order valence-electron chi connectivity index (χ0n) is 14.8. The van der Waals surface area contributed by atoms with E-state index in [1.54, 1.807) is 29.2 Å². The number of carbonyl (C=O) groups excluding carboxylic acids is 1. The average Bonchev–Trinajstić information content (AvgIpc) is 2.57. The molecule has 2 aromatic rings. The van der Waals surface area contributed by atoms with Crippen molar-refractivity contribution in [1.82, 2.24) is 4.90 Å². The number of benzene rings is 2. The lowest BCUT2D eigenvalue weighted by Crippen LogP contribution is -2.37. The number of hydrogen-bond acceptors (Lipinski definition) is 4. The van der Waals surface area contributed by atoms with Gasteiger partial charge in [-0.3, -0.25) is 4.79 Å². The van der Waals surface area contributed by atoms with Crippen molar-refractivity contribution in [3.8, 4) is 0 Å². The molecule has 0 spiro atoms. The molecule has 2 rings (SSSR count). The fourth-order valence-electron chi connectivity index (χ4n) is 2.66. The van der Waals surface area contributed by atoms with Crippen molar-refractivity contribution >= 4 is 28.2 Å². The predicted molar refractivity (Wildman–Crippen MR) is 107 cm³/mol. The lowest BCUT2D eigenvalue weighted by atomic mass is 10.1. The van der Waals surface area contributed by atoms with E-state index >= 15 is 0 Å². The number of amides is 1. The Morgan fingerprint density at radius 2 is 1.65 bits per heavy atom. The summed E-state index contributed by atoms with van der Waals surface area (Å²) in [7, 11) is -3.14. The van der Waals surface area contributed by atoms with Crippen LogP contribution >= 0.6 is 12.4 Å². The van der Waals surface area contributed by atoms with E-state index < -0.39 is 9.84 Å². The quantitative estimate of drug-likeness (QED) is 0.742. The lowest BCUT2D eigenvalue weighted by Gasteiger charge is -2.22. The van der Waals surface area contributed by atoms with Crippen LogP contribution in [0.2, 0.25) is 0 Å². The van der Waals surface area contributed by atoms with Gasteiger partial charge in [0.25, 0.3) is 5.91 Å². The van der Waals surface area contributed by atoms with Gasteiger partial charge in [0.1, 0.15) is 0 Å². The third kappa shape index (κ3) is 7.15. The predicted octanol–water partition coefficient (Wildman–Crippen LogP) is 2.30. The SMILES string of the molecule is CS(=O)(=O)Cc1cccc(C(=O)N(CCN)CCc2ccccc2)c1.Cl. The Morgan fingerprint density at radius 3 is 2.27 bits per heavy atom. The largest absolute Gasteiger partial charge is 0.337 e. The van der Waals surface area contributed by atoms with Crippen molar-refractivity contribution in [3.05, 3.63) is 71.3 Å². The highest BCUT2D eigenvalue weighted by Crippen LogP contribution is 2.12. The third-order valence-corrected chi connectivity index (χ3v) is 4.66. The van der Waals surface area contributed by atoms with Gasteiger partial charge in [0.15, 0.2) is 9.84 Å². The molecule has 0 saturated carbocycles. The summed E-state index contributed by atoms with van der Waals surface area (Å²) in [5, 5.41) is 0. The Hall–Kier alpha value is -1.89. The van der Waals surface area contributed by atoms with Gasteiger partial charge < -0.3 is 10.6 Å². The fraction of sp³-hybridized carbons (Fsp3) is 0.316. The van der Waals surface area contributed by atoms with E-state index in [-0.39, 0.29) is 24.1 Å². The molecule has 2 aromatic carbocycles. The molecule has 0 heterocycles. The molecule has 0 saturated heterocycles. The van der Waals surface area contributed by atoms with Crippen molar-refractivity contribution < 1.29 is 13.2 Å². The monoisotopic (exact) mass is 396 g/mol. The average molecular weight is 397 g/mol. The van der Waals surface area contributed by atoms with Gasteiger partial charge in [-0.1, -0.05) is 42.5 Å². The van der Waals surface area contributed by atoms with Gasteiger partial charge in [0.2, 0.25) is 0 Å². The highest BCUT2D eigenvalue weighted by molar-refractivity contribution is 7.89. The van der Waals surface area contributed by atoms with Crippen LogP contribution in [0.4, 0.5) is 0 Å². The first kappa shape index (κ1) is 22.2. The molecule has 0 atom stereocenters. The highest BCUT2D eigenvalue weighted by Gasteiger charge is 2.16. The Kier molecular flexibility index (Phi) is 8.78. The summed E-state index contributed by atoms with van der Waals surface area (Å²) in [6.45, 7) is 1.40. The van der Waals surface area contributed by atoms with Gasteiger partial charge >= 0.3 is 0 Å². The van der Waals surface area contributed by atoms with Crippen LogP contribution in [0.5, 0.6) is 0 Å². The Balaban J connectivity index is 0.00000338.